The van der Waals surface area contributed by atoms with E-state index in [1.807, 2.05) is 48.5 Å². The predicted octanol–water partition coefficient (Wildman–Crippen LogP) is 12.7. The first-order valence-electron chi connectivity index (χ1n) is 19.2. The number of nitrogens with one attached hydrogen (secondary N) is 1. The second kappa shape index (κ2) is 12.4. The van der Waals surface area contributed by atoms with E-state index in [-0.39, 0.29) is 6.17 Å². The first-order valence-corrected chi connectivity index (χ1v) is 19.2. The Bertz CT molecular complexity index is 3390. The van der Waals surface area contributed by atoms with Crippen molar-refractivity contribution in [3.63, 3.8) is 0 Å². The molecule has 11 aromatic rings. The Morgan fingerprint density at radius 2 is 1.09 bits per heavy atom. The van der Waals surface area contributed by atoms with Gasteiger partial charge >= 0.3 is 0 Å². The summed E-state index contributed by atoms with van der Waals surface area (Å²) >= 11 is 0. The van der Waals surface area contributed by atoms with Crippen LogP contribution in [0.25, 0.3) is 82.5 Å². The molecule has 3 aromatic heterocycles. The van der Waals surface area contributed by atoms with E-state index in [0.29, 0.717) is 5.84 Å². The van der Waals surface area contributed by atoms with Crippen molar-refractivity contribution in [2.24, 2.45) is 9.98 Å². The van der Waals surface area contributed by atoms with Gasteiger partial charge in [0, 0.05) is 54.7 Å². The van der Waals surface area contributed by atoms with Gasteiger partial charge in [-0.05, 0) is 71.8 Å². The highest BCUT2D eigenvalue weighted by Gasteiger charge is 2.25. The molecule has 0 saturated carbocycles. The molecule has 1 aliphatic heterocycles. The maximum Gasteiger partial charge on any atom is 0.159 e. The highest BCUT2D eigenvalue weighted by atomic mass is 16.3. The summed E-state index contributed by atoms with van der Waals surface area (Å²) in [6.45, 7) is 0. The van der Waals surface area contributed by atoms with Crippen LogP contribution in [0.2, 0.25) is 0 Å². The highest BCUT2D eigenvalue weighted by molar-refractivity contribution is 6.15. The molecule has 1 N–H and O–H groups in total. The lowest BCUT2D eigenvalue weighted by Crippen LogP contribution is -2.33. The fourth-order valence-corrected chi connectivity index (χ4v) is 8.61. The van der Waals surface area contributed by atoms with Gasteiger partial charge in [0.25, 0.3) is 0 Å². The number of aliphatic imine (C=N–C) groups is 2. The number of hydrogen-bond donors (Lipinski definition) is 1. The molecule has 0 aliphatic carbocycles. The van der Waals surface area contributed by atoms with Crippen molar-refractivity contribution in [1.29, 1.82) is 0 Å². The molecule has 6 heteroatoms. The topological polar surface area (TPSA) is 68.0 Å². The smallest absolute Gasteiger partial charge is 0.159 e. The molecule has 1 unspecified atom stereocenters. The molecule has 8 aromatic carbocycles. The van der Waals surface area contributed by atoms with Crippen LogP contribution in [0.3, 0.4) is 0 Å². The lowest BCUT2D eigenvalue weighted by molar-refractivity contribution is 0.662. The fraction of sp³-hybridized carbons (Fsp3) is 0.0196. The largest absolute Gasteiger partial charge is 0.456 e. The predicted molar refractivity (Wildman–Crippen MR) is 233 cm³/mol. The molecule has 12 rings (SSSR count). The third-order valence-corrected chi connectivity index (χ3v) is 11.3. The van der Waals surface area contributed by atoms with E-state index < -0.39 is 0 Å². The maximum atomic E-state index is 6.53. The van der Waals surface area contributed by atoms with E-state index in [0.717, 1.165) is 83.2 Å². The lowest BCUT2D eigenvalue weighted by Gasteiger charge is -2.24. The van der Waals surface area contributed by atoms with E-state index in [2.05, 4.69) is 143 Å². The van der Waals surface area contributed by atoms with Crippen molar-refractivity contribution in [3.8, 4) is 16.8 Å². The van der Waals surface area contributed by atoms with Crippen LogP contribution >= 0.6 is 0 Å². The zero-order valence-electron chi connectivity index (χ0n) is 30.6. The average Bonchev–Trinajstić information content (AvgIpc) is 3.95. The zero-order chi connectivity index (χ0) is 37.5. The standard InChI is InChI=1S/C51H32N4O2/c1-3-12-31(13-4-1)49-52-50(32-14-5-2-6-15-32)54-51(53-49)39-18-11-21-46-48(39)41-28-33(23-26-45(41)56-46)34-22-25-38-40-30-35(24-27-44(40)57-47(38)29-34)55-42-19-9-7-16-36(42)37-17-8-10-20-43(37)55/h1-30,51H,(H,52,53,54). The van der Waals surface area contributed by atoms with E-state index >= 15 is 0 Å². The van der Waals surface area contributed by atoms with Crippen molar-refractivity contribution in [2.75, 3.05) is 0 Å². The molecule has 0 fully saturated rings. The van der Waals surface area contributed by atoms with Gasteiger partial charge in [0.2, 0.25) is 0 Å². The first kappa shape index (κ1) is 31.6. The number of aromatic nitrogens is 1. The Balaban J connectivity index is 0.960. The van der Waals surface area contributed by atoms with Crippen molar-refractivity contribution in [1.82, 2.24) is 9.88 Å². The van der Waals surface area contributed by atoms with Crippen LogP contribution in [0.15, 0.2) is 201 Å². The summed E-state index contributed by atoms with van der Waals surface area (Å²) in [5, 5.41) is 10.4. The van der Waals surface area contributed by atoms with Crippen molar-refractivity contribution in [2.45, 2.75) is 6.17 Å². The van der Waals surface area contributed by atoms with Crippen LogP contribution in [-0.2, 0) is 0 Å². The van der Waals surface area contributed by atoms with E-state index in [9.17, 15) is 0 Å². The molecular formula is C51H32N4O2. The highest BCUT2D eigenvalue weighted by Crippen LogP contribution is 2.40. The van der Waals surface area contributed by atoms with Crippen molar-refractivity contribution < 1.29 is 8.83 Å². The summed E-state index contributed by atoms with van der Waals surface area (Å²) in [7, 11) is 0. The summed E-state index contributed by atoms with van der Waals surface area (Å²) in [5.41, 5.74) is 12.0. The summed E-state index contributed by atoms with van der Waals surface area (Å²) < 4.78 is 15.4. The minimum atomic E-state index is -0.389. The number of amidine groups is 2. The Kier molecular flexibility index (Phi) is 6.89. The van der Waals surface area contributed by atoms with Crippen LogP contribution < -0.4 is 5.32 Å². The Hall–Kier alpha value is -7.70. The third kappa shape index (κ3) is 5.04. The fourth-order valence-electron chi connectivity index (χ4n) is 8.61. The minimum Gasteiger partial charge on any atom is -0.456 e. The summed E-state index contributed by atoms with van der Waals surface area (Å²) in [6, 6.07) is 63.2. The van der Waals surface area contributed by atoms with Gasteiger partial charge in [-0.25, -0.2) is 9.98 Å². The van der Waals surface area contributed by atoms with Crippen LogP contribution in [0.5, 0.6) is 0 Å². The van der Waals surface area contributed by atoms with Gasteiger partial charge in [-0.1, -0.05) is 121 Å². The Labute approximate surface area is 326 Å². The molecule has 0 amide bonds. The number of hydrogen-bond acceptors (Lipinski definition) is 5. The molecule has 57 heavy (non-hydrogen) atoms. The van der Waals surface area contributed by atoms with Crippen LogP contribution in [0, 0.1) is 0 Å². The normalized spacial score (nSPS) is 14.5. The number of nitrogens with zero attached hydrogens (tertiary/aromatic N) is 3. The van der Waals surface area contributed by atoms with E-state index in [1.54, 1.807) is 0 Å². The Morgan fingerprint density at radius 3 is 1.88 bits per heavy atom. The van der Waals surface area contributed by atoms with Gasteiger partial charge in [-0.15, -0.1) is 0 Å². The number of fused-ring (bicyclic) bond motifs is 9. The monoisotopic (exact) mass is 732 g/mol. The quantitative estimate of drug-likeness (QED) is 0.192. The molecule has 6 nitrogen and oxygen atoms in total. The number of rotatable bonds is 5. The molecule has 1 atom stereocenters. The lowest BCUT2D eigenvalue weighted by atomic mass is 9.98. The number of para-hydroxylation sites is 2. The van der Waals surface area contributed by atoms with Gasteiger partial charge < -0.3 is 18.7 Å². The second-order valence-corrected chi connectivity index (χ2v) is 14.6. The average molecular weight is 733 g/mol. The van der Waals surface area contributed by atoms with Gasteiger partial charge in [0.05, 0.1) is 11.0 Å². The van der Waals surface area contributed by atoms with Crippen molar-refractivity contribution >= 4 is 77.4 Å². The zero-order valence-corrected chi connectivity index (χ0v) is 30.6. The van der Waals surface area contributed by atoms with Crippen LogP contribution in [0.4, 0.5) is 0 Å². The summed E-state index contributed by atoms with van der Waals surface area (Å²) in [5.74, 6) is 1.46. The van der Waals surface area contributed by atoms with Crippen molar-refractivity contribution in [3.05, 3.63) is 199 Å². The Morgan fingerprint density at radius 1 is 0.439 bits per heavy atom. The maximum absolute atomic E-state index is 6.53. The molecule has 1 aliphatic rings. The second-order valence-electron chi connectivity index (χ2n) is 14.6. The number of benzene rings is 8. The van der Waals surface area contributed by atoms with E-state index in [1.165, 1.54) is 21.8 Å². The molecule has 0 spiro atoms. The first-order chi connectivity index (χ1) is 28.2. The van der Waals surface area contributed by atoms with E-state index in [4.69, 9.17) is 18.8 Å². The van der Waals surface area contributed by atoms with Crippen LogP contribution in [0.1, 0.15) is 22.9 Å². The van der Waals surface area contributed by atoms with Gasteiger partial charge in [0.1, 0.15) is 34.3 Å². The van der Waals surface area contributed by atoms with Gasteiger partial charge in [-0.2, -0.15) is 0 Å². The molecular weight excluding hydrogens is 701 g/mol. The summed E-state index contributed by atoms with van der Waals surface area (Å²) in [6.07, 6.45) is -0.389. The molecule has 268 valence electrons. The minimum absolute atomic E-state index is 0.389. The van der Waals surface area contributed by atoms with Gasteiger partial charge in [0.15, 0.2) is 5.84 Å². The number of furan rings is 2. The summed E-state index contributed by atoms with van der Waals surface area (Å²) in [4.78, 5) is 10.2. The SMILES string of the molecule is c1ccc(C2=NC(c3cccc4oc5ccc(-c6ccc7c(c6)oc6ccc(-n8c9ccccc9c9ccccc98)cc67)cc5c34)NC(c3ccccc3)=N2)cc1. The van der Waals surface area contributed by atoms with Gasteiger partial charge in [-0.3, -0.25) is 0 Å². The molecule has 0 saturated heterocycles. The molecule has 0 radical (unpaired) electrons. The molecule has 0 bridgehead atoms. The third-order valence-electron chi connectivity index (χ3n) is 11.3. The van der Waals surface area contributed by atoms with Crippen LogP contribution in [-0.4, -0.2) is 16.2 Å². The molecule has 4 heterocycles.